The maximum atomic E-state index is 11.2. The second-order valence-corrected chi connectivity index (χ2v) is 15.4. The number of rotatable bonds is 18. The Kier molecular flexibility index (Phi) is 17.0. The van der Waals surface area contributed by atoms with Gasteiger partial charge in [-0.1, -0.05) is 71.3 Å². The second-order valence-electron chi connectivity index (χ2n) is 10.6. The molecule has 0 saturated carbocycles. The van der Waals surface area contributed by atoms with Crippen LogP contribution in [0.1, 0.15) is 98.3 Å². The molecule has 0 bridgehead atoms. The molecule has 6 heteroatoms. The van der Waals surface area contributed by atoms with E-state index in [2.05, 4.69) is 57.7 Å². The Morgan fingerprint density at radius 2 is 1.67 bits per heavy atom. The standard InChI is InChI=1S/C27H52O5Si/c1-8-9-13-17-23(28)18-16-19-24(29)22-25(32-33(6,7)27(2,3)4)20-14-11-10-12-15-21-26(30)31-5/h10-11,16,18,23-25,28-29H,8-9,12-15,17,19-22H2,1-7H3/b11-10-,18-16+/t23-,24-,25+/m0/s1. The minimum absolute atomic E-state index is 0.00323. The van der Waals surface area contributed by atoms with E-state index in [0.29, 0.717) is 19.3 Å². The van der Waals surface area contributed by atoms with Crippen molar-refractivity contribution < 1.29 is 24.2 Å². The first-order chi connectivity index (χ1) is 15.4. The average molecular weight is 485 g/mol. The van der Waals surface area contributed by atoms with Crippen molar-refractivity contribution >= 4 is 14.3 Å². The Morgan fingerprint density at radius 3 is 2.27 bits per heavy atom. The summed E-state index contributed by atoms with van der Waals surface area (Å²) in [4.78, 5) is 11.2. The van der Waals surface area contributed by atoms with Gasteiger partial charge in [0, 0.05) is 12.5 Å². The number of carbonyl (C=O) groups is 1. The number of methoxy groups -OCH3 is 1. The van der Waals surface area contributed by atoms with Gasteiger partial charge in [-0.05, 0) is 63.1 Å². The summed E-state index contributed by atoms with van der Waals surface area (Å²) >= 11 is 0. The minimum Gasteiger partial charge on any atom is -0.469 e. The molecule has 0 aliphatic rings. The van der Waals surface area contributed by atoms with Gasteiger partial charge in [0.15, 0.2) is 8.32 Å². The van der Waals surface area contributed by atoms with Gasteiger partial charge >= 0.3 is 5.97 Å². The summed E-state index contributed by atoms with van der Waals surface area (Å²) in [6, 6.07) is 0. The molecule has 0 radical (unpaired) electrons. The summed E-state index contributed by atoms with van der Waals surface area (Å²) in [5.41, 5.74) is 0. The summed E-state index contributed by atoms with van der Waals surface area (Å²) in [6.07, 6.45) is 16.2. The first-order valence-electron chi connectivity index (χ1n) is 12.8. The zero-order valence-corrected chi connectivity index (χ0v) is 23.4. The molecule has 0 aromatic carbocycles. The lowest BCUT2D eigenvalue weighted by molar-refractivity contribution is -0.140. The molecule has 0 rings (SSSR count). The molecule has 0 spiro atoms. The van der Waals surface area contributed by atoms with Crippen molar-refractivity contribution in [1.82, 2.24) is 0 Å². The molecule has 0 saturated heterocycles. The van der Waals surface area contributed by atoms with Crippen LogP contribution >= 0.6 is 0 Å². The number of allylic oxidation sites excluding steroid dienone is 2. The Hall–Kier alpha value is -0.953. The third-order valence-corrected chi connectivity index (χ3v) is 11.0. The number of unbranched alkanes of at least 4 members (excludes halogenated alkanes) is 3. The Labute approximate surface area is 204 Å². The maximum absolute atomic E-state index is 11.2. The molecule has 194 valence electrons. The maximum Gasteiger partial charge on any atom is 0.305 e. The van der Waals surface area contributed by atoms with Crippen LogP contribution in [0.4, 0.5) is 0 Å². The molecule has 0 aliphatic carbocycles. The van der Waals surface area contributed by atoms with E-state index in [4.69, 9.17) is 4.43 Å². The van der Waals surface area contributed by atoms with E-state index < -0.39 is 20.5 Å². The largest absolute Gasteiger partial charge is 0.469 e. The lowest BCUT2D eigenvalue weighted by Gasteiger charge is -2.39. The molecule has 0 aromatic heterocycles. The highest BCUT2D eigenvalue weighted by Gasteiger charge is 2.39. The van der Waals surface area contributed by atoms with Crippen LogP contribution < -0.4 is 0 Å². The van der Waals surface area contributed by atoms with Crippen LogP contribution in [0.15, 0.2) is 24.3 Å². The zero-order chi connectivity index (χ0) is 25.3. The van der Waals surface area contributed by atoms with Crippen LogP contribution in [0.2, 0.25) is 18.1 Å². The molecule has 2 N–H and O–H groups in total. The molecule has 5 nitrogen and oxygen atoms in total. The number of ether oxygens (including phenoxy) is 1. The smallest absolute Gasteiger partial charge is 0.305 e. The highest BCUT2D eigenvalue weighted by Crippen LogP contribution is 2.38. The van der Waals surface area contributed by atoms with Gasteiger partial charge in [-0.3, -0.25) is 4.79 Å². The van der Waals surface area contributed by atoms with Crippen LogP contribution in [-0.2, 0) is 14.0 Å². The third-order valence-electron chi connectivity index (χ3n) is 6.47. The molecule has 0 fully saturated rings. The molecular weight excluding hydrogens is 432 g/mol. The van der Waals surface area contributed by atoms with E-state index in [0.717, 1.165) is 51.4 Å². The van der Waals surface area contributed by atoms with Crippen molar-refractivity contribution in [2.75, 3.05) is 7.11 Å². The average Bonchev–Trinajstić information content (AvgIpc) is 2.71. The molecule has 0 unspecified atom stereocenters. The summed E-state index contributed by atoms with van der Waals surface area (Å²) in [6.45, 7) is 13.4. The number of hydrogen-bond acceptors (Lipinski definition) is 5. The van der Waals surface area contributed by atoms with E-state index in [1.165, 1.54) is 7.11 Å². The Balaban J connectivity index is 4.72. The molecule has 0 heterocycles. The van der Waals surface area contributed by atoms with Gasteiger partial charge in [-0.2, -0.15) is 0 Å². The van der Waals surface area contributed by atoms with E-state index in [1.54, 1.807) is 0 Å². The van der Waals surface area contributed by atoms with Crippen LogP contribution in [0.25, 0.3) is 0 Å². The van der Waals surface area contributed by atoms with Crippen molar-refractivity contribution in [1.29, 1.82) is 0 Å². The molecule has 0 amide bonds. The topological polar surface area (TPSA) is 76.0 Å². The molecular formula is C27H52O5Si. The van der Waals surface area contributed by atoms with Gasteiger partial charge in [0.2, 0.25) is 0 Å². The molecule has 0 aromatic rings. The molecule has 33 heavy (non-hydrogen) atoms. The second kappa shape index (κ2) is 17.5. The van der Waals surface area contributed by atoms with Crippen molar-refractivity contribution in [3.05, 3.63) is 24.3 Å². The van der Waals surface area contributed by atoms with Crippen LogP contribution in [0, 0.1) is 0 Å². The number of aliphatic hydroxyl groups is 2. The van der Waals surface area contributed by atoms with Crippen LogP contribution in [0.5, 0.6) is 0 Å². The highest BCUT2D eigenvalue weighted by atomic mass is 28.4. The van der Waals surface area contributed by atoms with Crippen molar-refractivity contribution in [3.8, 4) is 0 Å². The lowest BCUT2D eigenvalue weighted by Crippen LogP contribution is -2.44. The predicted octanol–water partition coefficient (Wildman–Crippen LogP) is 6.70. The minimum atomic E-state index is -1.95. The first kappa shape index (κ1) is 32.0. The van der Waals surface area contributed by atoms with Crippen molar-refractivity contribution in [2.45, 2.75) is 135 Å². The summed E-state index contributed by atoms with van der Waals surface area (Å²) in [5, 5.41) is 20.8. The fourth-order valence-electron chi connectivity index (χ4n) is 3.29. The highest BCUT2D eigenvalue weighted by molar-refractivity contribution is 6.74. The van der Waals surface area contributed by atoms with Crippen LogP contribution in [-0.4, -0.2) is 49.9 Å². The van der Waals surface area contributed by atoms with E-state index in [9.17, 15) is 15.0 Å². The third kappa shape index (κ3) is 16.3. The lowest BCUT2D eigenvalue weighted by atomic mass is 10.0. The monoisotopic (exact) mass is 484 g/mol. The van der Waals surface area contributed by atoms with Gasteiger partial charge in [0.05, 0.1) is 19.3 Å². The molecule has 3 atom stereocenters. The zero-order valence-electron chi connectivity index (χ0n) is 22.4. The molecule has 0 aliphatic heterocycles. The van der Waals surface area contributed by atoms with Crippen molar-refractivity contribution in [3.63, 3.8) is 0 Å². The number of esters is 1. The first-order valence-corrected chi connectivity index (χ1v) is 15.8. The summed E-state index contributed by atoms with van der Waals surface area (Å²) in [7, 11) is -0.528. The van der Waals surface area contributed by atoms with Gasteiger partial charge in [0.25, 0.3) is 0 Å². The SMILES string of the molecule is CCCCC[C@H](O)/C=C/C[C@H](O)C[C@@H](CC/C=C\CCCC(=O)OC)O[Si](C)(C)C(C)(C)C. The van der Waals surface area contributed by atoms with Gasteiger partial charge < -0.3 is 19.4 Å². The van der Waals surface area contributed by atoms with E-state index >= 15 is 0 Å². The summed E-state index contributed by atoms with van der Waals surface area (Å²) in [5.74, 6) is -0.164. The van der Waals surface area contributed by atoms with Crippen LogP contribution in [0.3, 0.4) is 0 Å². The quantitative estimate of drug-likeness (QED) is 0.0980. The normalized spacial score (nSPS) is 15.8. The fourth-order valence-corrected chi connectivity index (χ4v) is 4.70. The predicted molar refractivity (Wildman–Crippen MR) is 141 cm³/mol. The van der Waals surface area contributed by atoms with Gasteiger partial charge in [-0.15, -0.1) is 0 Å². The fraction of sp³-hybridized carbons (Fsp3) is 0.815. The van der Waals surface area contributed by atoms with Gasteiger partial charge in [-0.25, -0.2) is 0 Å². The van der Waals surface area contributed by atoms with Gasteiger partial charge in [0.1, 0.15) is 0 Å². The van der Waals surface area contributed by atoms with E-state index in [-0.39, 0.29) is 17.1 Å². The van der Waals surface area contributed by atoms with E-state index in [1.807, 2.05) is 12.2 Å². The number of hydrogen-bond donors (Lipinski definition) is 2. The number of aliphatic hydroxyl groups excluding tert-OH is 2. The Bertz CT molecular complexity index is 565. The van der Waals surface area contributed by atoms with Crippen molar-refractivity contribution in [2.24, 2.45) is 0 Å². The number of carbonyl (C=O) groups excluding carboxylic acids is 1. The Morgan fingerprint density at radius 1 is 1.00 bits per heavy atom. The summed E-state index contributed by atoms with van der Waals surface area (Å²) < 4.78 is 11.3.